The van der Waals surface area contributed by atoms with E-state index in [4.69, 9.17) is 30.6 Å². The summed E-state index contributed by atoms with van der Waals surface area (Å²) in [6.07, 6.45) is -3.68. The molecular weight excluding hydrogens is 769 g/mol. The molecule has 0 aromatic carbocycles. The van der Waals surface area contributed by atoms with E-state index < -0.39 is 68.7 Å². The van der Waals surface area contributed by atoms with Gasteiger partial charge in [-0.3, -0.25) is 14.4 Å². The molecule has 0 spiro atoms. The second-order valence-electron chi connectivity index (χ2n) is 15.7. The molecule has 0 unspecified atom stereocenters. The van der Waals surface area contributed by atoms with E-state index in [0.717, 1.165) is 0 Å². The molecule has 0 rings (SSSR count). The van der Waals surface area contributed by atoms with Gasteiger partial charge in [-0.1, -0.05) is 139 Å². The van der Waals surface area contributed by atoms with Gasteiger partial charge >= 0.3 is 0 Å². The minimum atomic E-state index is -1.37. The van der Waals surface area contributed by atoms with Gasteiger partial charge in [-0.05, 0) is 0 Å². The van der Waals surface area contributed by atoms with Gasteiger partial charge in [0.05, 0.1) is 19.3 Å². The Morgan fingerprint density at radius 1 is 0.348 bits per heavy atom. The van der Waals surface area contributed by atoms with Crippen LogP contribution in [-0.4, -0.2) is 65.3 Å². The molecule has 0 amide bonds. The van der Waals surface area contributed by atoms with E-state index in [1.54, 1.807) is 62.3 Å². The zero-order valence-electron chi connectivity index (χ0n) is 30.2. The Labute approximate surface area is 290 Å². The summed E-state index contributed by atoms with van der Waals surface area (Å²) < 4.78 is 0. The summed E-state index contributed by atoms with van der Waals surface area (Å²) in [7, 11) is 0. The van der Waals surface area contributed by atoms with Gasteiger partial charge in [0.2, 0.25) is 0 Å². The minimum absolute atomic E-state index is 0. The van der Waals surface area contributed by atoms with Crippen LogP contribution in [0.1, 0.15) is 123 Å². The monoisotopic (exact) mass is 826 g/mol. The van der Waals surface area contributed by atoms with Gasteiger partial charge < -0.3 is 45.0 Å². The largest absolute Gasteiger partial charge is 0.535 e. The Kier molecular flexibility index (Phi) is 21.1. The number of hydrogen-bond donors (Lipinski definition) is 6. The van der Waals surface area contributed by atoms with Gasteiger partial charge in [-0.15, -0.1) is 0 Å². The van der Waals surface area contributed by atoms with Crippen molar-refractivity contribution < 1.29 is 81.8 Å². The first-order valence-electron chi connectivity index (χ1n) is 14.4. The minimum Gasteiger partial charge on any atom is -0.535 e. The van der Waals surface area contributed by atoms with E-state index in [1.165, 1.54) is 41.5 Å². The normalized spacial score (nSPS) is 12.8. The molecule has 6 N–H and O–H groups in total. The maximum atomic E-state index is 11.6. The zero-order chi connectivity index (χ0) is 37.3. The van der Waals surface area contributed by atoms with Crippen LogP contribution in [0, 0.1) is 51.4 Å². The maximum absolute atomic E-state index is 11.6. The molecule has 0 aromatic rings. The summed E-state index contributed by atoms with van der Waals surface area (Å²) in [6, 6.07) is 0. The molecule has 0 aromatic heterocycles. The first-order valence-corrected chi connectivity index (χ1v) is 14.4. The smallest absolute Gasteiger partial charge is 0.145 e. The summed E-state index contributed by atoms with van der Waals surface area (Å²) in [4.78, 5) is 69.5. The van der Waals surface area contributed by atoms with Crippen molar-refractivity contribution in [1.29, 1.82) is 0 Å². The number of hydrogen-bond acceptors (Lipinski definition) is 12. The Balaban J connectivity index is -0.000000285. The van der Waals surface area contributed by atoms with E-state index >= 15 is 0 Å². The maximum Gasteiger partial charge on any atom is 0.145 e. The number of carbonyl (C=O) groups excluding carboxylic acids is 6. The Bertz CT molecular complexity index is 915. The predicted molar refractivity (Wildman–Crippen MR) is 165 cm³/mol. The summed E-state index contributed by atoms with van der Waals surface area (Å²) in [5.41, 5.74) is -5.88. The number of aliphatic hydroxyl groups is 6. The molecule has 269 valence electrons. The second kappa shape index (κ2) is 18.9. The molecule has 0 heterocycles. The molecule has 46 heavy (non-hydrogen) atoms. The van der Waals surface area contributed by atoms with E-state index in [-0.39, 0.29) is 59.0 Å². The van der Waals surface area contributed by atoms with Gasteiger partial charge in [-0.25, -0.2) is 0 Å². The third-order valence-corrected chi connectivity index (χ3v) is 7.24. The van der Waals surface area contributed by atoms with Crippen molar-refractivity contribution in [2.24, 2.45) is 32.5 Å². The molecule has 1 radical (unpaired) electrons. The van der Waals surface area contributed by atoms with Crippen LogP contribution in [0.3, 0.4) is 0 Å². The summed E-state index contributed by atoms with van der Waals surface area (Å²) in [5, 5.41) is 53.4. The molecule has 0 aliphatic rings. The van der Waals surface area contributed by atoms with Crippen LogP contribution in [0.2, 0.25) is 0 Å². The third-order valence-electron chi connectivity index (χ3n) is 7.24. The van der Waals surface area contributed by atoms with Crippen LogP contribution in [0.5, 0.6) is 0 Å². The summed E-state index contributed by atoms with van der Waals surface area (Å²) >= 11 is 0. The van der Waals surface area contributed by atoms with E-state index in [0.29, 0.717) is 0 Å². The van der Waals surface area contributed by atoms with Crippen molar-refractivity contribution in [3.05, 3.63) is 18.9 Å². The van der Waals surface area contributed by atoms with E-state index in [1.807, 2.05) is 0 Å². The van der Waals surface area contributed by atoms with Crippen molar-refractivity contribution >= 4 is 34.7 Å². The van der Waals surface area contributed by atoms with Crippen LogP contribution in [-0.2, 0) is 51.1 Å². The SMILES string of the molecule is CC(C)(C)C(=O)CC(=O)C(C)(C)[C-](O)O.CC(C)(C)C(=O)CC(=O)C(C)(C)[C-](O)O.CC(C)(C)C(=O)CC(=O)C(C)(C)[C-](O)O.[Ta]. The number of ketones is 6. The molecule has 0 atom stereocenters. The van der Waals surface area contributed by atoms with Crippen LogP contribution >= 0.6 is 0 Å². The van der Waals surface area contributed by atoms with Crippen LogP contribution in [0.25, 0.3) is 0 Å². The fraction of sp³-hybridized carbons (Fsp3) is 0.727. The van der Waals surface area contributed by atoms with Gasteiger partial charge in [0.15, 0.2) is 0 Å². The summed E-state index contributed by atoms with van der Waals surface area (Å²) in [6.45, 7) is 23.7. The van der Waals surface area contributed by atoms with Crippen molar-refractivity contribution in [2.45, 2.75) is 123 Å². The quantitative estimate of drug-likeness (QED) is 0.107. The van der Waals surface area contributed by atoms with Crippen molar-refractivity contribution in [2.75, 3.05) is 0 Å². The number of rotatable bonds is 12. The Morgan fingerprint density at radius 3 is 0.565 bits per heavy atom. The average molecular weight is 827 g/mol. The van der Waals surface area contributed by atoms with Crippen LogP contribution in [0.4, 0.5) is 0 Å². The fourth-order valence-corrected chi connectivity index (χ4v) is 2.27. The molecule has 0 bridgehead atoms. The first kappa shape index (κ1) is 51.4. The standard InChI is InChI=1S/3C11H19O4.Ta/c3*1-10(2,3)7(12)6-8(13)11(4,5)9(14)15;/h3*14-15H,6H2,1-5H3;/q3*-1;. The van der Waals surface area contributed by atoms with Crippen molar-refractivity contribution in [3.8, 4) is 0 Å². The number of Topliss-reactive ketones (excluding diaryl/α,β-unsaturated/α-hetero) is 6. The van der Waals surface area contributed by atoms with Gasteiger partial charge in [0.25, 0.3) is 0 Å². The molecule has 12 nitrogen and oxygen atoms in total. The third kappa shape index (κ3) is 17.6. The fourth-order valence-electron chi connectivity index (χ4n) is 2.27. The summed E-state index contributed by atoms with van der Waals surface area (Å²) in [5.74, 6) is -2.07. The van der Waals surface area contributed by atoms with E-state index in [9.17, 15) is 28.8 Å². The Hall–Kier alpha value is -1.48. The second-order valence-corrected chi connectivity index (χ2v) is 15.7. The Morgan fingerprint density at radius 2 is 0.478 bits per heavy atom. The molecule has 0 saturated carbocycles. The van der Waals surface area contributed by atoms with Gasteiger partial charge in [0, 0.05) is 38.6 Å². The molecule has 0 aliphatic carbocycles. The molecular formula is C33H57O12Ta-3. The van der Waals surface area contributed by atoms with Crippen molar-refractivity contribution in [1.82, 2.24) is 0 Å². The first-order chi connectivity index (χ1) is 19.5. The van der Waals surface area contributed by atoms with Gasteiger partial charge in [-0.2, -0.15) is 0 Å². The molecule has 13 heteroatoms. The topological polar surface area (TPSA) is 224 Å². The van der Waals surface area contributed by atoms with Crippen molar-refractivity contribution in [3.63, 3.8) is 0 Å². The number of aliphatic hydroxyl groups excluding tert-OH is 3. The van der Waals surface area contributed by atoms with Crippen LogP contribution in [0.15, 0.2) is 0 Å². The molecule has 0 saturated heterocycles. The molecule has 0 fully saturated rings. The number of carbonyl (C=O) groups is 6. The van der Waals surface area contributed by atoms with Gasteiger partial charge in [0.1, 0.15) is 34.7 Å². The average Bonchev–Trinajstić information content (AvgIpc) is 2.82. The zero-order valence-corrected chi connectivity index (χ0v) is 33.4. The van der Waals surface area contributed by atoms with Crippen LogP contribution < -0.4 is 0 Å². The van der Waals surface area contributed by atoms with E-state index in [2.05, 4.69) is 0 Å². The molecule has 0 aliphatic heterocycles. The predicted octanol–water partition coefficient (Wildman–Crippen LogP) is 5.46.